The van der Waals surface area contributed by atoms with E-state index in [1.54, 1.807) is 0 Å². The van der Waals surface area contributed by atoms with Crippen molar-refractivity contribution in [3.05, 3.63) is 0 Å². The van der Waals surface area contributed by atoms with Gasteiger partial charge in [-0.15, -0.1) is 21.2 Å². The van der Waals surface area contributed by atoms with Crippen molar-refractivity contribution in [2.45, 2.75) is 44.2 Å². The Morgan fingerprint density at radius 2 is 2.10 bits per heavy atom. The van der Waals surface area contributed by atoms with E-state index in [0.717, 1.165) is 31.9 Å². The molecule has 2 bridgehead atoms. The van der Waals surface area contributed by atoms with E-state index < -0.39 is 0 Å². The van der Waals surface area contributed by atoms with Gasteiger partial charge in [-0.05, 0) is 31.1 Å². The van der Waals surface area contributed by atoms with E-state index in [-0.39, 0.29) is 18.1 Å². The second-order valence-electron chi connectivity index (χ2n) is 6.07. The average molecular weight is 318 g/mol. The minimum Gasteiger partial charge on any atom is -0.473 e. The molecule has 5 nitrogen and oxygen atoms in total. The van der Waals surface area contributed by atoms with Crippen LogP contribution in [0.5, 0.6) is 11.8 Å². The van der Waals surface area contributed by atoms with E-state index in [9.17, 15) is 0 Å². The molecular weight excluding hydrogens is 298 g/mol. The second kappa shape index (κ2) is 5.66. The molecule has 0 radical (unpaired) electrons. The van der Waals surface area contributed by atoms with Crippen LogP contribution in [0.15, 0.2) is 0 Å². The lowest BCUT2D eigenvalue weighted by molar-refractivity contribution is 0.0462. The zero-order valence-electron chi connectivity index (χ0n) is 11.3. The molecule has 1 aliphatic heterocycles. The van der Waals surface area contributed by atoms with E-state index >= 15 is 0 Å². The number of aromatic nitrogens is 2. The lowest BCUT2D eigenvalue weighted by Crippen LogP contribution is -2.45. The highest BCUT2D eigenvalue weighted by Gasteiger charge is 2.47. The molecule has 0 spiro atoms. The number of fused-ring (bicyclic) bond motifs is 2. The van der Waals surface area contributed by atoms with Crippen LogP contribution in [0.2, 0.25) is 0 Å². The fraction of sp³-hybridized carbons (Fsp3) is 0.846. The fourth-order valence-corrected chi connectivity index (χ4v) is 3.70. The first-order valence-electron chi connectivity index (χ1n) is 7.22. The Bertz CT molecular complexity index is 458. The lowest BCUT2D eigenvalue weighted by Gasteiger charge is -2.28. The van der Waals surface area contributed by atoms with Gasteiger partial charge in [0.1, 0.15) is 0 Å². The first kappa shape index (κ1) is 14.4. The Morgan fingerprint density at radius 1 is 1.25 bits per heavy atom. The van der Waals surface area contributed by atoms with Gasteiger partial charge in [0.05, 0.1) is 18.3 Å². The van der Waals surface area contributed by atoms with Crippen LogP contribution in [-0.2, 0) is 0 Å². The largest absolute Gasteiger partial charge is 0.473 e. The number of nitrogens with one attached hydrogen (secondary N) is 1. The number of nitrogens with zero attached hydrogens (tertiary/aromatic N) is 2. The molecular formula is C13H20ClN3O2S. The molecule has 0 aromatic carbocycles. The molecule has 20 heavy (non-hydrogen) atoms. The summed E-state index contributed by atoms with van der Waals surface area (Å²) in [5.74, 6) is 2.64. The maximum absolute atomic E-state index is 6.11. The molecule has 3 fully saturated rings. The van der Waals surface area contributed by atoms with Crippen LogP contribution in [0, 0.1) is 11.8 Å². The molecule has 3 aliphatic rings. The van der Waals surface area contributed by atoms with Gasteiger partial charge in [0.25, 0.3) is 11.8 Å². The third-order valence-electron chi connectivity index (χ3n) is 4.69. The zero-order valence-corrected chi connectivity index (χ0v) is 13.0. The van der Waals surface area contributed by atoms with Gasteiger partial charge in [0, 0.05) is 19.4 Å². The van der Waals surface area contributed by atoms with Gasteiger partial charge in [0.15, 0.2) is 5.72 Å². The van der Waals surface area contributed by atoms with Crippen molar-refractivity contribution in [3.63, 3.8) is 0 Å². The molecule has 2 aliphatic carbocycles. The molecule has 1 aromatic heterocycles. The lowest BCUT2D eigenvalue weighted by atomic mass is 9.86. The minimum absolute atomic E-state index is 0. The molecule has 2 heterocycles. The molecule has 112 valence electrons. The Kier molecular flexibility index (Phi) is 4.06. The van der Waals surface area contributed by atoms with Gasteiger partial charge in [0.2, 0.25) is 0 Å². The van der Waals surface area contributed by atoms with Crippen LogP contribution in [-0.4, -0.2) is 27.6 Å². The van der Waals surface area contributed by atoms with Gasteiger partial charge in [-0.2, -0.15) is 0 Å². The van der Waals surface area contributed by atoms with Crippen LogP contribution in [0.4, 0.5) is 0 Å². The van der Waals surface area contributed by atoms with Crippen LogP contribution in [0.25, 0.3) is 0 Å². The first-order chi connectivity index (χ1) is 9.33. The Balaban J connectivity index is 0.00000121. The number of ether oxygens (including phenoxy) is 2. The highest BCUT2D eigenvalue weighted by Crippen LogP contribution is 2.42. The summed E-state index contributed by atoms with van der Waals surface area (Å²) in [4.78, 5) is 0. The summed E-state index contributed by atoms with van der Waals surface area (Å²) >= 11 is 1.17. The summed E-state index contributed by atoms with van der Waals surface area (Å²) in [5.41, 5.74) is -0.199. The molecule has 2 unspecified atom stereocenters. The topological polar surface area (TPSA) is 56.3 Å². The number of piperidine rings is 1. The highest BCUT2D eigenvalue weighted by atomic mass is 35.5. The van der Waals surface area contributed by atoms with E-state index in [1.165, 1.54) is 37.4 Å². The highest BCUT2D eigenvalue weighted by molar-refractivity contribution is 6.99. The standard InChI is InChI=1S/C13H19N3O2S.ClH/c1-2-9(3-1)8-17-11-12(16-19-15-11)18-13-5-4-10(6-13)7-14-13;/h9-10,14H,1-8H2;1H. The maximum Gasteiger partial charge on any atom is 0.292 e. The predicted octanol–water partition coefficient (Wildman–Crippen LogP) is 2.62. The Morgan fingerprint density at radius 3 is 2.70 bits per heavy atom. The van der Waals surface area contributed by atoms with Crippen molar-refractivity contribution >= 4 is 24.1 Å². The predicted molar refractivity (Wildman–Crippen MR) is 78.7 cm³/mol. The summed E-state index contributed by atoms with van der Waals surface area (Å²) < 4.78 is 20.4. The van der Waals surface area contributed by atoms with Crippen molar-refractivity contribution in [1.29, 1.82) is 0 Å². The van der Waals surface area contributed by atoms with E-state index in [1.807, 2.05) is 0 Å². The SMILES string of the molecule is C1CC(COc2nsnc2OC23CCC(CN2)C3)C1.Cl. The van der Waals surface area contributed by atoms with Crippen molar-refractivity contribution in [1.82, 2.24) is 14.1 Å². The monoisotopic (exact) mass is 317 g/mol. The number of rotatable bonds is 5. The van der Waals surface area contributed by atoms with E-state index in [4.69, 9.17) is 9.47 Å². The Hall–Kier alpha value is -0.590. The average Bonchev–Trinajstić information content (AvgIpc) is 3.04. The molecule has 1 N–H and O–H groups in total. The first-order valence-corrected chi connectivity index (χ1v) is 7.95. The third kappa shape index (κ3) is 2.61. The molecule has 4 rings (SSSR count). The van der Waals surface area contributed by atoms with Gasteiger partial charge in [-0.1, -0.05) is 6.42 Å². The van der Waals surface area contributed by atoms with Crippen molar-refractivity contribution in [2.24, 2.45) is 11.8 Å². The summed E-state index contributed by atoms with van der Waals surface area (Å²) in [6.07, 6.45) is 7.30. The smallest absolute Gasteiger partial charge is 0.292 e. The zero-order chi connectivity index (χ0) is 12.7. The molecule has 2 saturated carbocycles. The Labute approximate surface area is 129 Å². The fourth-order valence-electron chi connectivity index (χ4n) is 3.27. The maximum atomic E-state index is 6.11. The van der Waals surface area contributed by atoms with E-state index in [2.05, 4.69) is 14.1 Å². The number of halogens is 1. The number of hydrogen-bond donors (Lipinski definition) is 1. The second-order valence-corrected chi connectivity index (χ2v) is 6.60. The van der Waals surface area contributed by atoms with Gasteiger partial charge in [-0.25, -0.2) is 0 Å². The van der Waals surface area contributed by atoms with Gasteiger partial charge >= 0.3 is 0 Å². The molecule has 1 aromatic rings. The molecule has 7 heteroatoms. The van der Waals surface area contributed by atoms with Crippen LogP contribution < -0.4 is 14.8 Å². The summed E-state index contributed by atoms with van der Waals surface area (Å²) in [5, 5.41) is 3.48. The van der Waals surface area contributed by atoms with Crippen LogP contribution in [0.3, 0.4) is 0 Å². The molecule has 1 saturated heterocycles. The van der Waals surface area contributed by atoms with Gasteiger partial charge in [-0.3, -0.25) is 5.32 Å². The van der Waals surface area contributed by atoms with Crippen molar-refractivity contribution < 1.29 is 9.47 Å². The third-order valence-corrected chi connectivity index (χ3v) is 5.19. The normalized spacial score (nSPS) is 31.7. The van der Waals surface area contributed by atoms with E-state index in [0.29, 0.717) is 17.7 Å². The van der Waals surface area contributed by atoms with Crippen molar-refractivity contribution in [3.8, 4) is 11.8 Å². The summed E-state index contributed by atoms with van der Waals surface area (Å²) in [6.45, 7) is 1.82. The summed E-state index contributed by atoms with van der Waals surface area (Å²) in [6, 6.07) is 0. The molecule has 2 atom stereocenters. The van der Waals surface area contributed by atoms with Crippen molar-refractivity contribution in [2.75, 3.05) is 13.2 Å². The van der Waals surface area contributed by atoms with Crippen LogP contribution in [0.1, 0.15) is 38.5 Å². The minimum atomic E-state index is -0.199. The quantitative estimate of drug-likeness (QED) is 0.904. The summed E-state index contributed by atoms with van der Waals surface area (Å²) in [7, 11) is 0. The van der Waals surface area contributed by atoms with Gasteiger partial charge < -0.3 is 9.47 Å². The number of hydrogen-bond acceptors (Lipinski definition) is 6. The molecule has 0 amide bonds. The van der Waals surface area contributed by atoms with Crippen LogP contribution >= 0.6 is 24.1 Å².